The van der Waals surface area contributed by atoms with Crippen molar-refractivity contribution in [2.75, 3.05) is 27.9 Å². The van der Waals surface area contributed by atoms with Crippen molar-refractivity contribution in [2.24, 2.45) is 0 Å². The summed E-state index contributed by atoms with van der Waals surface area (Å²) in [5, 5.41) is 0.686. The van der Waals surface area contributed by atoms with Crippen LogP contribution in [0.5, 0.6) is 17.2 Å². The maximum Gasteiger partial charge on any atom is 0.344 e. The van der Waals surface area contributed by atoms with Crippen LogP contribution < -0.4 is 19.8 Å². The van der Waals surface area contributed by atoms with Gasteiger partial charge < -0.3 is 23.4 Å². The van der Waals surface area contributed by atoms with Gasteiger partial charge in [-0.25, -0.2) is 9.59 Å². The highest BCUT2D eigenvalue weighted by Gasteiger charge is 2.13. The van der Waals surface area contributed by atoms with E-state index in [-0.39, 0.29) is 12.4 Å². The van der Waals surface area contributed by atoms with Crippen LogP contribution in [0.1, 0.15) is 0 Å². The first-order chi connectivity index (χ1) is 13.0. The summed E-state index contributed by atoms with van der Waals surface area (Å²) in [7, 11) is 4.46. The first-order valence-electron chi connectivity index (χ1n) is 8.05. The van der Waals surface area contributed by atoms with Crippen LogP contribution in [0.4, 0.5) is 0 Å². The average Bonchev–Trinajstić information content (AvgIpc) is 2.67. The fraction of sp³-hybridized carbons (Fsp3) is 0.200. The Bertz CT molecular complexity index is 1040. The van der Waals surface area contributed by atoms with Crippen molar-refractivity contribution in [1.82, 2.24) is 0 Å². The molecule has 0 spiro atoms. The predicted molar refractivity (Wildman–Crippen MR) is 98.5 cm³/mol. The van der Waals surface area contributed by atoms with E-state index in [1.807, 2.05) is 0 Å². The van der Waals surface area contributed by atoms with Gasteiger partial charge in [0.2, 0.25) is 0 Å². The zero-order valence-electron chi connectivity index (χ0n) is 15.1. The molecule has 0 amide bonds. The summed E-state index contributed by atoms with van der Waals surface area (Å²) in [6.45, 7) is -0.166. The van der Waals surface area contributed by atoms with Gasteiger partial charge in [-0.05, 0) is 35.9 Å². The molecule has 27 heavy (non-hydrogen) atoms. The second-order valence-electron chi connectivity index (χ2n) is 5.62. The molecule has 3 rings (SSSR count). The van der Waals surface area contributed by atoms with E-state index in [1.54, 1.807) is 43.5 Å². The lowest BCUT2D eigenvalue weighted by molar-refractivity contribution is -0.138. The quantitative estimate of drug-likeness (QED) is 0.375. The molecule has 0 aliphatic heterocycles. The Kier molecular flexibility index (Phi) is 5.42. The number of carbonyl (C=O) groups is 1. The van der Waals surface area contributed by atoms with Gasteiger partial charge >= 0.3 is 11.6 Å². The maximum atomic E-state index is 12.5. The molecule has 0 N–H and O–H groups in total. The van der Waals surface area contributed by atoms with Crippen molar-refractivity contribution in [2.45, 2.75) is 0 Å². The second-order valence-corrected chi connectivity index (χ2v) is 5.62. The van der Waals surface area contributed by atoms with E-state index < -0.39 is 11.6 Å². The van der Waals surface area contributed by atoms with E-state index in [9.17, 15) is 9.59 Å². The minimum absolute atomic E-state index is 0.166. The molecule has 1 heterocycles. The number of ether oxygens (including phenoxy) is 4. The number of benzene rings is 2. The molecule has 7 heteroatoms. The highest BCUT2D eigenvalue weighted by molar-refractivity contribution is 5.84. The molecule has 0 bridgehead atoms. The number of carbonyl (C=O) groups excluding carboxylic acids is 1. The van der Waals surface area contributed by atoms with Crippen LogP contribution in [0.3, 0.4) is 0 Å². The van der Waals surface area contributed by atoms with Crippen LogP contribution in [0, 0.1) is 0 Å². The van der Waals surface area contributed by atoms with Crippen LogP contribution in [0.25, 0.3) is 22.1 Å². The summed E-state index contributed by atoms with van der Waals surface area (Å²) in [6, 6.07) is 11.7. The minimum Gasteiger partial charge on any atom is -0.493 e. The summed E-state index contributed by atoms with van der Waals surface area (Å²) >= 11 is 0. The molecule has 0 aliphatic rings. The van der Waals surface area contributed by atoms with Crippen molar-refractivity contribution < 1.29 is 28.2 Å². The van der Waals surface area contributed by atoms with Crippen molar-refractivity contribution in [3.05, 3.63) is 52.9 Å². The van der Waals surface area contributed by atoms with E-state index in [1.165, 1.54) is 20.3 Å². The van der Waals surface area contributed by atoms with E-state index in [4.69, 9.17) is 23.4 Å². The van der Waals surface area contributed by atoms with Crippen LogP contribution in [0.15, 0.2) is 51.7 Å². The molecule has 0 aliphatic carbocycles. The van der Waals surface area contributed by atoms with E-state index in [0.29, 0.717) is 33.6 Å². The van der Waals surface area contributed by atoms with Gasteiger partial charge in [0.25, 0.3) is 0 Å². The van der Waals surface area contributed by atoms with Crippen LogP contribution in [-0.2, 0) is 9.53 Å². The number of esters is 1. The lowest BCUT2D eigenvalue weighted by atomic mass is 10.1. The number of rotatable bonds is 6. The third-order valence-corrected chi connectivity index (χ3v) is 3.90. The smallest absolute Gasteiger partial charge is 0.344 e. The average molecular weight is 370 g/mol. The molecule has 0 radical (unpaired) electrons. The first-order valence-corrected chi connectivity index (χ1v) is 8.05. The summed E-state index contributed by atoms with van der Waals surface area (Å²) in [6.07, 6.45) is 0. The van der Waals surface area contributed by atoms with Crippen molar-refractivity contribution in [3.8, 4) is 28.4 Å². The van der Waals surface area contributed by atoms with E-state index >= 15 is 0 Å². The normalized spacial score (nSPS) is 10.6. The zero-order chi connectivity index (χ0) is 19.4. The molecule has 0 unspecified atom stereocenters. The molecule has 0 atom stereocenters. The van der Waals surface area contributed by atoms with E-state index in [0.717, 1.165) is 0 Å². The lowest BCUT2D eigenvalue weighted by Gasteiger charge is -2.10. The molecule has 0 saturated carbocycles. The Hall–Kier alpha value is -3.32. The number of hydrogen-bond acceptors (Lipinski definition) is 7. The largest absolute Gasteiger partial charge is 0.493 e. The monoisotopic (exact) mass is 370 g/mol. The Balaban J connectivity index is 2.00. The van der Waals surface area contributed by atoms with Gasteiger partial charge in [0.05, 0.1) is 19.8 Å². The number of methoxy groups -OCH3 is 3. The summed E-state index contributed by atoms with van der Waals surface area (Å²) in [4.78, 5) is 24.0. The Morgan fingerprint density at radius 3 is 2.44 bits per heavy atom. The topological polar surface area (TPSA) is 84.2 Å². The van der Waals surface area contributed by atoms with Crippen LogP contribution in [0.2, 0.25) is 0 Å². The van der Waals surface area contributed by atoms with Crippen molar-refractivity contribution >= 4 is 16.9 Å². The standard InChI is InChI=1S/C20H18O7/c1-23-11-19(21)26-14-6-4-13-8-15(20(22)27-17(13)10-14)12-5-7-16(24-2)18(9-12)25-3/h4-10H,11H2,1-3H3. The second kappa shape index (κ2) is 7.92. The third kappa shape index (κ3) is 3.93. The molecule has 3 aromatic rings. The number of hydrogen-bond donors (Lipinski definition) is 0. The summed E-state index contributed by atoms with van der Waals surface area (Å²) < 4.78 is 25.7. The Morgan fingerprint density at radius 1 is 0.963 bits per heavy atom. The van der Waals surface area contributed by atoms with Crippen LogP contribution >= 0.6 is 0 Å². The highest BCUT2D eigenvalue weighted by Crippen LogP contribution is 2.32. The fourth-order valence-corrected chi connectivity index (χ4v) is 2.64. The Labute approximate surface area is 155 Å². The molecular weight excluding hydrogens is 352 g/mol. The summed E-state index contributed by atoms with van der Waals surface area (Å²) in [5.41, 5.74) is 0.813. The lowest BCUT2D eigenvalue weighted by Crippen LogP contribution is -2.14. The van der Waals surface area contributed by atoms with Crippen LogP contribution in [-0.4, -0.2) is 33.9 Å². The van der Waals surface area contributed by atoms with Gasteiger partial charge in [-0.2, -0.15) is 0 Å². The molecule has 1 aromatic heterocycles. The van der Waals surface area contributed by atoms with Gasteiger partial charge in [-0.15, -0.1) is 0 Å². The number of fused-ring (bicyclic) bond motifs is 1. The van der Waals surface area contributed by atoms with Gasteiger partial charge in [0.1, 0.15) is 17.9 Å². The van der Waals surface area contributed by atoms with Gasteiger partial charge in [0.15, 0.2) is 11.5 Å². The fourth-order valence-electron chi connectivity index (χ4n) is 2.64. The third-order valence-electron chi connectivity index (χ3n) is 3.90. The maximum absolute atomic E-state index is 12.5. The minimum atomic E-state index is -0.541. The van der Waals surface area contributed by atoms with E-state index in [2.05, 4.69) is 0 Å². The van der Waals surface area contributed by atoms with Gasteiger partial charge in [-0.1, -0.05) is 6.07 Å². The zero-order valence-corrected chi connectivity index (χ0v) is 15.1. The highest BCUT2D eigenvalue weighted by atomic mass is 16.6. The summed E-state index contributed by atoms with van der Waals surface area (Å²) in [5.74, 6) is 0.802. The van der Waals surface area contributed by atoms with Gasteiger partial charge in [0, 0.05) is 18.6 Å². The molecule has 140 valence electrons. The van der Waals surface area contributed by atoms with Gasteiger partial charge in [-0.3, -0.25) is 0 Å². The van der Waals surface area contributed by atoms with Crippen molar-refractivity contribution in [1.29, 1.82) is 0 Å². The SMILES string of the molecule is COCC(=O)Oc1ccc2cc(-c3ccc(OC)c(OC)c3)c(=O)oc2c1. The first kappa shape index (κ1) is 18.5. The molecule has 0 fully saturated rings. The molecule has 2 aromatic carbocycles. The predicted octanol–water partition coefficient (Wildman–Crippen LogP) is 3.03. The molecular formula is C20H18O7. The van der Waals surface area contributed by atoms with Crippen molar-refractivity contribution in [3.63, 3.8) is 0 Å². The molecule has 0 saturated heterocycles. The Morgan fingerprint density at radius 2 is 1.74 bits per heavy atom. The molecule has 7 nitrogen and oxygen atoms in total.